The van der Waals surface area contributed by atoms with Crippen LogP contribution in [0.15, 0.2) is 12.1 Å². The normalized spacial score (nSPS) is 11.2. The molecule has 0 spiro atoms. The molecule has 5 nitrogen and oxygen atoms in total. The number of hydrogen-bond acceptors (Lipinski definition) is 3. The molecule has 7 heteroatoms. The van der Waals surface area contributed by atoms with E-state index in [1.54, 1.807) is 13.8 Å². The Morgan fingerprint density at radius 1 is 1.25 bits per heavy atom. The molecule has 0 heterocycles. The first-order valence-electron chi connectivity index (χ1n) is 5.71. The number of carbonyl (C=O) groups excluding carboxylic acids is 1. The second kappa shape index (κ2) is 5.96. The minimum Gasteiger partial charge on any atom is -0.478 e. The Morgan fingerprint density at radius 2 is 1.75 bits per heavy atom. The van der Waals surface area contributed by atoms with Crippen LogP contribution in [0.25, 0.3) is 0 Å². The van der Waals surface area contributed by atoms with Crippen molar-refractivity contribution < 1.29 is 28.2 Å². The lowest BCUT2D eigenvalue weighted by Gasteiger charge is -2.25. The summed E-state index contributed by atoms with van der Waals surface area (Å²) in [6.07, 6.45) is 0. The molecule has 2 N–H and O–H groups in total. The first-order valence-corrected chi connectivity index (χ1v) is 5.71. The summed E-state index contributed by atoms with van der Waals surface area (Å²) >= 11 is 0. The van der Waals surface area contributed by atoms with Gasteiger partial charge in [-0.25, -0.2) is 13.6 Å². The molecular weight excluding hydrogens is 272 g/mol. The van der Waals surface area contributed by atoms with Crippen LogP contribution in [0.4, 0.5) is 8.78 Å². The van der Waals surface area contributed by atoms with Crippen LogP contribution in [-0.2, 0) is 4.74 Å². The highest BCUT2D eigenvalue weighted by atomic mass is 19.2. The first-order chi connectivity index (χ1) is 9.18. The molecule has 0 aliphatic rings. The van der Waals surface area contributed by atoms with E-state index >= 15 is 0 Å². The maximum Gasteiger partial charge on any atom is 0.336 e. The standard InChI is InChI=1S/C13H15F2NO4/c1-13(2,6-20-3)16-11(17)7-4-9(14)10(15)5-8(7)12(18)19/h4-5H,6H2,1-3H3,(H,16,17)(H,18,19). The number of amides is 1. The van der Waals surface area contributed by atoms with Crippen LogP contribution in [0, 0.1) is 11.6 Å². The Morgan fingerprint density at radius 3 is 2.20 bits per heavy atom. The second-order valence-electron chi connectivity index (χ2n) is 4.89. The Labute approximate surface area is 114 Å². The van der Waals surface area contributed by atoms with Crippen LogP contribution < -0.4 is 5.32 Å². The van der Waals surface area contributed by atoms with Gasteiger partial charge < -0.3 is 15.2 Å². The van der Waals surface area contributed by atoms with Gasteiger partial charge in [0.25, 0.3) is 5.91 Å². The predicted molar refractivity (Wildman–Crippen MR) is 66.7 cm³/mol. The summed E-state index contributed by atoms with van der Waals surface area (Å²) in [6, 6.07) is 1.05. The predicted octanol–water partition coefficient (Wildman–Crippen LogP) is 1.82. The highest BCUT2D eigenvalue weighted by Crippen LogP contribution is 2.16. The molecule has 0 fully saturated rings. The van der Waals surface area contributed by atoms with Gasteiger partial charge >= 0.3 is 5.97 Å². The Balaban J connectivity index is 3.15. The zero-order valence-corrected chi connectivity index (χ0v) is 11.3. The summed E-state index contributed by atoms with van der Waals surface area (Å²) in [4.78, 5) is 23.0. The molecule has 110 valence electrons. The smallest absolute Gasteiger partial charge is 0.336 e. The molecule has 0 bridgehead atoms. The molecule has 1 aromatic rings. The number of ether oxygens (including phenoxy) is 1. The van der Waals surface area contributed by atoms with Gasteiger partial charge in [-0.3, -0.25) is 4.79 Å². The van der Waals surface area contributed by atoms with E-state index in [1.807, 2.05) is 0 Å². The van der Waals surface area contributed by atoms with Crippen molar-refractivity contribution in [1.29, 1.82) is 0 Å². The van der Waals surface area contributed by atoms with Crippen LogP contribution in [-0.4, -0.2) is 36.2 Å². The number of nitrogens with one attached hydrogen (secondary N) is 1. The Bertz CT molecular complexity index is 543. The number of carboxylic acid groups (broad SMARTS) is 1. The van der Waals surface area contributed by atoms with Crippen LogP contribution >= 0.6 is 0 Å². The van der Waals surface area contributed by atoms with E-state index in [4.69, 9.17) is 9.84 Å². The number of carboxylic acids is 1. The molecule has 0 saturated heterocycles. The average Bonchev–Trinajstić information content (AvgIpc) is 2.30. The minimum atomic E-state index is -1.52. The number of benzene rings is 1. The van der Waals surface area contributed by atoms with Crippen LogP contribution in [0.3, 0.4) is 0 Å². The number of aromatic carboxylic acids is 1. The van der Waals surface area contributed by atoms with Gasteiger partial charge in [-0.05, 0) is 26.0 Å². The summed E-state index contributed by atoms with van der Waals surface area (Å²) in [5.41, 5.74) is -1.83. The van der Waals surface area contributed by atoms with Gasteiger partial charge in [0, 0.05) is 7.11 Å². The van der Waals surface area contributed by atoms with Crippen molar-refractivity contribution in [2.45, 2.75) is 19.4 Å². The Hall–Kier alpha value is -2.02. The summed E-state index contributed by atoms with van der Waals surface area (Å²) in [5.74, 6) is -4.94. The maximum atomic E-state index is 13.2. The third-order valence-electron chi connectivity index (χ3n) is 2.49. The van der Waals surface area contributed by atoms with E-state index in [0.29, 0.717) is 12.1 Å². The molecule has 0 radical (unpaired) electrons. The van der Waals surface area contributed by atoms with Gasteiger partial charge in [-0.1, -0.05) is 0 Å². The minimum absolute atomic E-state index is 0.171. The number of rotatable bonds is 5. The first kappa shape index (κ1) is 16.0. The molecule has 1 aromatic carbocycles. The topological polar surface area (TPSA) is 75.6 Å². The van der Waals surface area contributed by atoms with Gasteiger partial charge in [0.15, 0.2) is 11.6 Å². The number of carbonyl (C=O) groups is 2. The highest BCUT2D eigenvalue weighted by Gasteiger charge is 2.25. The van der Waals surface area contributed by atoms with Gasteiger partial charge in [0.05, 0.1) is 23.3 Å². The number of methoxy groups -OCH3 is 1. The summed E-state index contributed by atoms with van der Waals surface area (Å²) < 4.78 is 31.1. The van der Waals surface area contributed by atoms with Gasteiger partial charge in [0.1, 0.15) is 0 Å². The van der Waals surface area contributed by atoms with E-state index in [2.05, 4.69) is 5.32 Å². The fourth-order valence-corrected chi connectivity index (χ4v) is 1.68. The van der Waals surface area contributed by atoms with Crippen molar-refractivity contribution >= 4 is 11.9 Å². The second-order valence-corrected chi connectivity index (χ2v) is 4.89. The van der Waals surface area contributed by atoms with E-state index in [9.17, 15) is 18.4 Å². The zero-order chi connectivity index (χ0) is 15.5. The number of halogens is 2. The molecular formula is C13H15F2NO4. The summed E-state index contributed by atoms with van der Waals surface area (Å²) in [5, 5.41) is 11.4. The third-order valence-corrected chi connectivity index (χ3v) is 2.49. The molecule has 0 atom stereocenters. The van der Waals surface area contributed by atoms with Gasteiger partial charge in [-0.2, -0.15) is 0 Å². The van der Waals surface area contributed by atoms with Crippen molar-refractivity contribution in [2.75, 3.05) is 13.7 Å². The van der Waals surface area contributed by atoms with Crippen molar-refractivity contribution in [1.82, 2.24) is 5.32 Å². The van der Waals surface area contributed by atoms with E-state index in [0.717, 1.165) is 0 Å². The van der Waals surface area contributed by atoms with Gasteiger partial charge in [-0.15, -0.1) is 0 Å². The van der Waals surface area contributed by atoms with Crippen LogP contribution in [0.1, 0.15) is 34.6 Å². The van der Waals surface area contributed by atoms with Crippen LogP contribution in [0.2, 0.25) is 0 Å². The summed E-state index contributed by atoms with van der Waals surface area (Å²) in [7, 11) is 1.44. The Kier molecular flexibility index (Phi) is 4.78. The largest absolute Gasteiger partial charge is 0.478 e. The van der Waals surface area contributed by atoms with Crippen molar-refractivity contribution in [3.8, 4) is 0 Å². The fourth-order valence-electron chi connectivity index (χ4n) is 1.68. The average molecular weight is 287 g/mol. The highest BCUT2D eigenvalue weighted by molar-refractivity contribution is 6.05. The monoisotopic (exact) mass is 287 g/mol. The van der Waals surface area contributed by atoms with E-state index in [-0.39, 0.29) is 6.61 Å². The quantitative estimate of drug-likeness (QED) is 0.866. The maximum absolute atomic E-state index is 13.2. The summed E-state index contributed by atoms with van der Waals surface area (Å²) in [6.45, 7) is 3.47. The lowest BCUT2D eigenvalue weighted by atomic mass is 10.0. The molecule has 1 rings (SSSR count). The molecule has 0 aromatic heterocycles. The molecule has 0 saturated carbocycles. The SMILES string of the molecule is COCC(C)(C)NC(=O)c1cc(F)c(F)cc1C(=O)O. The zero-order valence-electron chi connectivity index (χ0n) is 11.3. The van der Waals surface area contributed by atoms with Crippen molar-refractivity contribution in [2.24, 2.45) is 0 Å². The van der Waals surface area contributed by atoms with E-state index in [1.165, 1.54) is 7.11 Å². The van der Waals surface area contributed by atoms with E-state index < -0.39 is 40.2 Å². The van der Waals surface area contributed by atoms with Crippen molar-refractivity contribution in [3.05, 3.63) is 34.9 Å². The fraction of sp³-hybridized carbons (Fsp3) is 0.385. The lowest BCUT2D eigenvalue weighted by molar-refractivity contribution is 0.0684. The lowest BCUT2D eigenvalue weighted by Crippen LogP contribution is -2.47. The molecule has 0 aliphatic carbocycles. The number of hydrogen-bond donors (Lipinski definition) is 2. The molecule has 0 unspecified atom stereocenters. The molecule has 0 aliphatic heterocycles. The molecule has 20 heavy (non-hydrogen) atoms. The molecule has 1 amide bonds. The van der Waals surface area contributed by atoms with Crippen LogP contribution in [0.5, 0.6) is 0 Å². The van der Waals surface area contributed by atoms with Crippen molar-refractivity contribution in [3.63, 3.8) is 0 Å². The van der Waals surface area contributed by atoms with Gasteiger partial charge in [0.2, 0.25) is 0 Å². The third kappa shape index (κ3) is 3.74.